The molecule has 0 bridgehead atoms. The van der Waals surface area contributed by atoms with Gasteiger partial charge in [-0.3, -0.25) is 0 Å². The summed E-state index contributed by atoms with van der Waals surface area (Å²) in [6.45, 7) is 3.93. The highest BCUT2D eigenvalue weighted by Gasteiger charge is 2.08. The zero-order valence-corrected chi connectivity index (χ0v) is 13.2. The standard InChI is InChI=1S/C14H15BrClN3/c1-8(17)5-11-6-9(2)18-14(19-11)10-3-4-13(16)12(15)7-10/h3-4,6-8H,5,17H2,1-2H3. The fourth-order valence-electron chi connectivity index (χ4n) is 1.83. The van der Waals surface area contributed by atoms with Gasteiger partial charge in [-0.05, 0) is 54.0 Å². The fraction of sp³-hybridized carbons (Fsp3) is 0.286. The largest absolute Gasteiger partial charge is 0.328 e. The number of hydrogen-bond donors (Lipinski definition) is 1. The number of halogens is 2. The Hall–Kier alpha value is -0.970. The van der Waals surface area contributed by atoms with Crippen molar-refractivity contribution in [2.75, 3.05) is 0 Å². The van der Waals surface area contributed by atoms with Gasteiger partial charge in [-0.15, -0.1) is 0 Å². The summed E-state index contributed by atoms with van der Waals surface area (Å²) < 4.78 is 0.838. The van der Waals surface area contributed by atoms with Crippen molar-refractivity contribution in [3.63, 3.8) is 0 Å². The van der Waals surface area contributed by atoms with Gasteiger partial charge < -0.3 is 5.73 Å². The number of aryl methyl sites for hydroxylation is 1. The van der Waals surface area contributed by atoms with Gasteiger partial charge in [0.2, 0.25) is 0 Å². The van der Waals surface area contributed by atoms with E-state index in [0.717, 1.165) is 27.8 Å². The van der Waals surface area contributed by atoms with E-state index in [0.29, 0.717) is 10.8 Å². The SMILES string of the molecule is Cc1cc(CC(C)N)nc(-c2ccc(Cl)c(Br)c2)n1. The van der Waals surface area contributed by atoms with Crippen LogP contribution in [0.3, 0.4) is 0 Å². The molecule has 0 spiro atoms. The smallest absolute Gasteiger partial charge is 0.159 e. The Morgan fingerprint density at radius 1 is 1.32 bits per heavy atom. The van der Waals surface area contributed by atoms with Crippen molar-refractivity contribution in [2.45, 2.75) is 26.3 Å². The van der Waals surface area contributed by atoms with E-state index in [1.807, 2.05) is 38.1 Å². The molecule has 1 heterocycles. The Kier molecular flexibility index (Phi) is 4.55. The zero-order chi connectivity index (χ0) is 14.0. The van der Waals surface area contributed by atoms with Gasteiger partial charge in [0.25, 0.3) is 0 Å². The van der Waals surface area contributed by atoms with Gasteiger partial charge in [-0.2, -0.15) is 0 Å². The van der Waals surface area contributed by atoms with Crippen LogP contribution in [0.15, 0.2) is 28.7 Å². The first-order valence-electron chi connectivity index (χ1n) is 6.01. The second-order valence-electron chi connectivity index (χ2n) is 4.63. The number of aromatic nitrogens is 2. The summed E-state index contributed by atoms with van der Waals surface area (Å²) in [4.78, 5) is 9.03. The molecule has 0 aliphatic rings. The van der Waals surface area contributed by atoms with Crippen LogP contribution in [0.2, 0.25) is 5.02 Å². The van der Waals surface area contributed by atoms with Gasteiger partial charge in [0.05, 0.1) is 5.02 Å². The molecule has 19 heavy (non-hydrogen) atoms. The lowest BCUT2D eigenvalue weighted by Gasteiger charge is -2.08. The van der Waals surface area contributed by atoms with Crippen LogP contribution in [0, 0.1) is 6.92 Å². The Balaban J connectivity index is 2.43. The summed E-state index contributed by atoms with van der Waals surface area (Å²) in [7, 11) is 0. The summed E-state index contributed by atoms with van der Waals surface area (Å²) in [6, 6.07) is 7.72. The van der Waals surface area contributed by atoms with Gasteiger partial charge in [0.15, 0.2) is 5.82 Å². The van der Waals surface area contributed by atoms with Crippen molar-refractivity contribution in [2.24, 2.45) is 5.73 Å². The lowest BCUT2D eigenvalue weighted by molar-refractivity contribution is 0.719. The highest BCUT2D eigenvalue weighted by molar-refractivity contribution is 9.10. The highest BCUT2D eigenvalue weighted by atomic mass is 79.9. The number of rotatable bonds is 3. The third-order valence-electron chi connectivity index (χ3n) is 2.62. The van der Waals surface area contributed by atoms with Crippen LogP contribution < -0.4 is 5.73 Å². The average molecular weight is 341 g/mol. The van der Waals surface area contributed by atoms with Gasteiger partial charge >= 0.3 is 0 Å². The predicted molar refractivity (Wildman–Crippen MR) is 82.3 cm³/mol. The quantitative estimate of drug-likeness (QED) is 0.925. The van der Waals surface area contributed by atoms with Gasteiger partial charge in [0.1, 0.15) is 0 Å². The monoisotopic (exact) mass is 339 g/mol. The molecule has 5 heteroatoms. The van der Waals surface area contributed by atoms with Crippen molar-refractivity contribution in [3.8, 4) is 11.4 Å². The molecule has 1 atom stereocenters. The topological polar surface area (TPSA) is 51.8 Å². The normalized spacial score (nSPS) is 12.5. The minimum atomic E-state index is 0.0825. The first-order valence-corrected chi connectivity index (χ1v) is 7.18. The van der Waals surface area contributed by atoms with Gasteiger partial charge in [0, 0.05) is 33.9 Å². The molecule has 0 saturated heterocycles. The first-order chi connectivity index (χ1) is 8.95. The third kappa shape index (κ3) is 3.75. The maximum Gasteiger partial charge on any atom is 0.159 e. The van der Waals surface area contributed by atoms with Crippen molar-refractivity contribution >= 4 is 27.5 Å². The molecule has 0 fully saturated rings. The molecule has 2 N–H and O–H groups in total. The molecular formula is C14H15BrClN3. The molecule has 0 amide bonds. The molecule has 0 aliphatic carbocycles. The molecule has 0 saturated carbocycles. The minimum Gasteiger partial charge on any atom is -0.328 e. The second kappa shape index (κ2) is 5.99. The van der Waals surface area contributed by atoms with Crippen LogP contribution in [0.4, 0.5) is 0 Å². The predicted octanol–water partition coefficient (Wildman–Crippen LogP) is 3.76. The summed E-state index contributed by atoms with van der Waals surface area (Å²) in [5.41, 5.74) is 8.66. The molecule has 0 radical (unpaired) electrons. The van der Waals surface area contributed by atoms with E-state index in [-0.39, 0.29) is 6.04 Å². The molecule has 2 rings (SSSR count). The molecule has 1 aromatic heterocycles. The molecule has 100 valence electrons. The number of benzene rings is 1. The Labute approximate surface area is 126 Å². The van der Waals surface area contributed by atoms with E-state index >= 15 is 0 Å². The Bertz CT molecular complexity index is 599. The van der Waals surface area contributed by atoms with E-state index in [1.54, 1.807) is 0 Å². The van der Waals surface area contributed by atoms with Crippen LogP contribution in [0.1, 0.15) is 18.3 Å². The fourth-order valence-corrected chi connectivity index (χ4v) is 2.33. The summed E-state index contributed by atoms with van der Waals surface area (Å²) in [5, 5.41) is 0.673. The van der Waals surface area contributed by atoms with Gasteiger partial charge in [-0.25, -0.2) is 9.97 Å². The Morgan fingerprint density at radius 2 is 2.05 bits per heavy atom. The van der Waals surface area contributed by atoms with Crippen LogP contribution in [0.5, 0.6) is 0 Å². The van der Waals surface area contributed by atoms with Crippen LogP contribution in [-0.2, 0) is 6.42 Å². The maximum absolute atomic E-state index is 6.00. The molecule has 1 aromatic carbocycles. The lowest BCUT2D eigenvalue weighted by Crippen LogP contribution is -2.19. The molecular weight excluding hydrogens is 326 g/mol. The lowest BCUT2D eigenvalue weighted by atomic mass is 10.1. The van der Waals surface area contributed by atoms with Crippen molar-refractivity contribution in [1.29, 1.82) is 0 Å². The maximum atomic E-state index is 6.00. The van der Waals surface area contributed by atoms with E-state index in [2.05, 4.69) is 25.9 Å². The first kappa shape index (κ1) is 14.4. The van der Waals surface area contributed by atoms with E-state index in [9.17, 15) is 0 Å². The number of nitrogens with zero attached hydrogens (tertiary/aromatic N) is 2. The third-order valence-corrected chi connectivity index (χ3v) is 3.83. The summed E-state index contributed by atoms with van der Waals surface area (Å²) in [6.07, 6.45) is 0.741. The number of hydrogen-bond acceptors (Lipinski definition) is 3. The van der Waals surface area contributed by atoms with E-state index in [1.165, 1.54) is 0 Å². The van der Waals surface area contributed by atoms with Crippen molar-refractivity contribution in [1.82, 2.24) is 9.97 Å². The van der Waals surface area contributed by atoms with Crippen molar-refractivity contribution in [3.05, 3.63) is 45.1 Å². The highest BCUT2D eigenvalue weighted by Crippen LogP contribution is 2.27. The van der Waals surface area contributed by atoms with Crippen LogP contribution >= 0.6 is 27.5 Å². The summed E-state index contributed by atoms with van der Waals surface area (Å²) >= 11 is 9.41. The molecule has 1 unspecified atom stereocenters. The Morgan fingerprint density at radius 3 is 2.68 bits per heavy atom. The second-order valence-corrected chi connectivity index (χ2v) is 5.90. The number of nitrogens with two attached hydrogens (primary N) is 1. The van der Waals surface area contributed by atoms with Gasteiger partial charge in [-0.1, -0.05) is 11.6 Å². The molecule has 0 aliphatic heterocycles. The van der Waals surface area contributed by atoms with Crippen LogP contribution in [0.25, 0.3) is 11.4 Å². The van der Waals surface area contributed by atoms with Crippen molar-refractivity contribution < 1.29 is 0 Å². The van der Waals surface area contributed by atoms with Crippen LogP contribution in [-0.4, -0.2) is 16.0 Å². The minimum absolute atomic E-state index is 0.0825. The van der Waals surface area contributed by atoms with E-state index < -0.39 is 0 Å². The molecule has 3 nitrogen and oxygen atoms in total. The average Bonchev–Trinajstić information content (AvgIpc) is 2.31. The molecule has 2 aromatic rings. The van der Waals surface area contributed by atoms with E-state index in [4.69, 9.17) is 17.3 Å². The zero-order valence-electron chi connectivity index (χ0n) is 10.8. The summed E-state index contributed by atoms with van der Waals surface area (Å²) in [5.74, 6) is 0.702.